The second-order valence-corrected chi connectivity index (χ2v) is 8.77. The second kappa shape index (κ2) is 9.50. The van der Waals surface area contributed by atoms with Gasteiger partial charge in [-0.25, -0.2) is 23.4 Å². The Morgan fingerprint density at radius 1 is 0.824 bits per heavy atom. The zero-order chi connectivity index (χ0) is 24.1. The summed E-state index contributed by atoms with van der Waals surface area (Å²) >= 11 is 0. The minimum atomic E-state index is -3.90. The zero-order valence-corrected chi connectivity index (χ0v) is 18.7. The van der Waals surface area contributed by atoms with Gasteiger partial charge in [-0.1, -0.05) is 6.07 Å². The van der Waals surface area contributed by atoms with Gasteiger partial charge in [0.25, 0.3) is 15.7 Å². The van der Waals surface area contributed by atoms with Gasteiger partial charge in [0.2, 0.25) is 0 Å². The lowest BCUT2D eigenvalue weighted by atomic mass is 10.3. The molecule has 11 nitrogen and oxygen atoms in total. The van der Waals surface area contributed by atoms with Crippen LogP contribution < -0.4 is 15.4 Å². The van der Waals surface area contributed by atoms with Gasteiger partial charge in [0, 0.05) is 35.8 Å². The van der Waals surface area contributed by atoms with E-state index in [1.165, 1.54) is 12.1 Å². The Hall–Kier alpha value is -4.58. The zero-order valence-electron chi connectivity index (χ0n) is 17.8. The van der Waals surface area contributed by atoms with Crippen molar-refractivity contribution in [1.82, 2.24) is 15.0 Å². The molecule has 2 aromatic carbocycles. The molecule has 0 aliphatic rings. The average Bonchev–Trinajstić information content (AvgIpc) is 2.80. The number of aromatic nitrogens is 3. The van der Waals surface area contributed by atoms with Gasteiger partial charge in [-0.3, -0.25) is 14.8 Å². The molecule has 0 saturated carbocycles. The van der Waals surface area contributed by atoms with E-state index in [0.29, 0.717) is 34.7 Å². The van der Waals surface area contributed by atoms with Crippen LogP contribution >= 0.6 is 0 Å². The SMILES string of the molecule is Cc1nc(Nc2ccc(NS(=O)(=O)c3ccc([N+](=O)[O-])cc3)cc2)cc(Nc2ccccn2)n1. The van der Waals surface area contributed by atoms with E-state index >= 15 is 0 Å². The molecule has 0 aliphatic heterocycles. The van der Waals surface area contributed by atoms with Crippen molar-refractivity contribution in [1.29, 1.82) is 0 Å². The Bertz CT molecular complexity index is 1410. The largest absolute Gasteiger partial charge is 0.340 e. The number of benzene rings is 2. The highest BCUT2D eigenvalue weighted by Gasteiger charge is 2.16. The van der Waals surface area contributed by atoms with Crippen molar-refractivity contribution < 1.29 is 13.3 Å². The van der Waals surface area contributed by atoms with Crippen LogP contribution in [0.2, 0.25) is 0 Å². The smallest absolute Gasteiger partial charge is 0.269 e. The molecule has 4 rings (SSSR count). The molecule has 0 fully saturated rings. The maximum Gasteiger partial charge on any atom is 0.269 e. The number of pyridine rings is 1. The first-order chi connectivity index (χ1) is 16.3. The lowest BCUT2D eigenvalue weighted by Crippen LogP contribution is -2.12. The molecule has 0 aliphatic carbocycles. The van der Waals surface area contributed by atoms with Gasteiger partial charge in [-0.15, -0.1) is 0 Å². The van der Waals surface area contributed by atoms with Crippen LogP contribution in [-0.2, 0) is 10.0 Å². The highest BCUT2D eigenvalue weighted by Crippen LogP contribution is 2.23. The molecule has 0 unspecified atom stereocenters. The van der Waals surface area contributed by atoms with Crippen LogP contribution in [0.3, 0.4) is 0 Å². The van der Waals surface area contributed by atoms with Crippen LogP contribution in [0.15, 0.2) is 83.9 Å². The topological polar surface area (TPSA) is 152 Å². The maximum atomic E-state index is 12.6. The third kappa shape index (κ3) is 5.61. The Balaban J connectivity index is 1.45. The second-order valence-electron chi connectivity index (χ2n) is 7.08. The third-order valence-electron chi connectivity index (χ3n) is 4.53. The van der Waals surface area contributed by atoms with Crippen molar-refractivity contribution in [3.8, 4) is 0 Å². The molecule has 12 heteroatoms. The van der Waals surface area contributed by atoms with Crippen molar-refractivity contribution in [2.75, 3.05) is 15.4 Å². The molecule has 34 heavy (non-hydrogen) atoms. The van der Waals surface area contributed by atoms with Gasteiger partial charge < -0.3 is 10.6 Å². The standard InChI is InChI=1S/C22H19N7O4S/c1-15-24-21(14-22(25-15)27-20-4-2-3-13-23-20)26-16-5-7-17(8-6-16)28-34(32,33)19-11-9-18(10-12-19)29(30)31/h2-14,28H,1H3,(H2,23,24,25,26,27). The lowest BCUT2D eigenvalue weighted by Gasteiger charge is -2.11. The number of nitro groups is 1. The fraction of sp³-hybridized carbons (Fsp3) is 0.0455. The predicted octanol–water partition coefficient (Wildman–Crippen LogP) is 4.38. The Morgan fingerprint density at radius 3 is 2.09 bits per heavy atom. The number of sulfonamides is 1. The Kier molecular flexibility index (Phi) is 6.32. The number of nitrogens with one attached hydrogen (secondary N) is 3. The number of nitro benzene ring substituents is 1. The van der Waals surface area contributed by atoms with Gasteiger partial charge in [0.05, 0.1) is 9.82 Å². The molecule has 0 bridgehead atoms. The summed E-state index contributed by atoms with van der Waals surface area (Å²) in [6.07, 6.45) is 1.67. The molecule has 172 valence electrons. The summed E-state index contributed by atoms with van der Waals surface area (Å²) < 4.78 is 27.6. The Morgan fingerprint density at radius 2 is 1.47 bits per heavy atom. The summed E-state index contributed by atoms with van der Waals surface area (Å²) in [7, 11) is -3.90. The van der Waals surface area contributed by atoms with E-state index in [2.05, 4.69) is 30.3 Å². The van der Waals surface area contributed by atoms with Gasteiger partial charge in [0.15, 0.2) is 0 Å². The summed E-state index contributed by atoms with van der Waals surface area (Å²) in [5.41, 5.74) is 0.827. The molecule has 2 aromatic heterocycles. The fourth-order valence-corrected chi connectivity index (χ4v) is 4.05. The van der Waals surface area contributed by atoms with Crippen molar-refractivity contribution in [2.45, 2.75) is 11.8 Å². The third-order valence-corrected chi connectivity index (χ3v) is 5.92. The summed E-state index contributed by atoms with van der Waals surface area (Å²) in [6, 6.07) is 18.4. The minimum Gasteiger partial charge on any atom is -0.340 e. The number of hydrogen-bond acceptors (Lipinski definition) is 9. The van der Waals surface area contributed by atoms with Crippen molar-refractivity contribution in [3.05, 3.63) is 94.9 Å². The summed E-state index contributed by atoms with van der Waals surface area (Å²) in [4.78, 5) is 23.0. The average molecular weight is 478 g/mol. The number of non-ortho nitro benzene ring substituents is 1. The van der Waals surface area contributed by atoms with Crippen molar-refractivity contribution in [2.24, 2.45) is 0 Å². The quantitative estimate of drug-likeness (QED) is 0.248. The molecule has 2 heterocycles. The van der Waals surface area contributed by atoms with Gasteiger partial charge in [-0.05, 0) is 55.5 Å². The lowest BCUT2D eigenvalue weighted by molar-refractivity contribution is -0.384. The number of nitrogens with zero attached hydrogens (tertiary/aromatic N) is 4. The van der Waals surface area contributed by atoms with E-state index in [1.807, 2.05) is 18.2 Å². The first kappa shape index (κ1) is 22.6. The van der Waals surface area contributed by atoms with E-state index in [4.69, 9.17) is 0 Å². The maximum absolute atomic E-state index is 12.6. The first-order valence-electron chi connectivity index (χ1n) is 9.97. The van der Waals surface area contributed by atoms with Crippen LogP contribution in [0.4, 0.5) is 34.5 Å². The van der Waals surface area contributed by atoms with E-state index in [-0.39, 0.29) is 10.6 Å². The van der Waals surface area contributed by atoms with Crippen LogP contribution in [-0.4, -0.2) is 28.3 Å². The molecule has 0 atom stereocenters. The van der Waals surface area contributed by atoms with Crippen molar-refractivity contribution >= 4 is 44.5 Å². The molecule has 3 N–H and O–H groups in total. The van der Waals surface area contributed by atoms with E-state index in [0.717, 1.165) is 12.1 Å². The molecular formula is C22H19N7O4S. The molecule has 0 saturated heterocycles. The molecule has 0 radical (unpaired) electrons. The van der Waals surface area contributed by atoms with Crippen molar-refractivity contribution in [3.63, 3.8) is 0 Å². The van der Waals surface area contributed by atoms with Gasteiger partial charge in [-0.2, -0.15) is 0 Å². The summed E-state index contributed by atoms with van der Waals surface area (Å²) in [5, 5.41) is 17.0. The number of rotatable bonds is 8. The fourth-order valence-electron chi connectivity index (χ4n) is 2.99. The number of anilines is 5. The van der Waals surface area contributed by atoms with Crippen LogP contribution in [0.25, 0.3) is 0 Å². The number of aryl methyl sites for hydroxylation is 1. The van der Waals surface area contributed by atoms with Crippen LogP contribution in [0.1, 0.15) is 5.82 Å². The molecule has 0 spiro atoms. The minimum absolute atomic E-state index is 0.0790. The molecule has 4 aromatic rings. The normalized spacial score (nSPS) is 11.0. The van der Waals surface area contributed by atoms with Gasteiger partial charge in [0.1, 0.15) is 23.3 Å². The predicted molar refractivity (Wildman–Crippen MR) is 128 cm³/mol. The molecular weight excluding hydrogens is 458 g/mol. The highest BCUT2D eigenvalue weighted by molar-refractivity contribution is 7.92. The molecule has 0 amide bonds. The van der Waals surface area contributed by atoms with E-state index < -0.39 is 14.9 Å². The highest BCUT2D eigenvalue weighted by atomic mass is 32.2. The van der Waals surface area contributed by atoms with Crippen LogP contribution in [0.5, 0.6) is 0 Å². The van der Waals surface area contributed by atoms with Crippen LogP contribution in [0, 0.1) is 17.0 Å². The van der Waals surface area contributed by atoms with Gasteiger partial charge >= 0.3 is 0 Å². The Labute approximate surface area is 195 Å². The van der Waals surface area contributed by atoms with E-state index in [1.54, 1.807) is 43.5 Å². The first-order valence-corrected chi connectivity index (χ1v) is 11.4. The monoisotopic (exact) mass is 477 g/mol. The van der Waals surface area contributed by atoms with E-state index in [9.17, 15) is 18.5 Å². The summed E-state index contributed by atoms with van der Waals surface area (Å²) in [5.74, 6) is 2.32. The number of hydrogen-bond donors (Lipinski definition) is 3. The summed E-state index contributed by atoms with van der Waals surface area (Å²) in [6.45, 7) is 1.77.